The Balaban J connectivity index is 2.17. The molecule has 0 bridgehead atoms. The zero-order valence-electron chi connectivity index (χ0n) is 11.7. The Morgan fingerprint density at radius 2 is 1.95 bits per heavy atom. The second-order valence-corrected chi connectivity index (χ2v) is 6.44. The van der Waals surface area contributed by atoms with Gasteiger partial charge in [-0.05, 0) is 49.7 Å². The van der Waals surface area contributed by atoms with Gasteiger partial charge in [0.1, 0.15) is 0 Å². The fourth-order valence-corrected chi connectivity index (χ4v) is 3.32. The molecule has 1 N–H and O–H groups in total. The van der Waals surface area contributed by atoms with Crippen LogP contribution in [0.1, 0.15) is 33.8 Å². The minimum atomic E-state index is 0.347. The van der Waals surface area contributed by atoms with Crippen LogP contribution in [0.25, 0.3) is 0 Å². The van der Waals surface area contributed by atoms with Crippen molar-refractivity contribution in [3.8, 4) is 0 Å². The molecule has 0 saturated heterocycles. The topological polar surface area (TPSA) is 12.0 Å². The first kappa shape index (κ1) is 14.6. The molecule has 1 nitrogen and oxygen atoms in total. The normalized spacial score (nSPS) is 12.6. The molecule has 0 aliphatic carbocycles. The molecule has 3 heteroatoms. The Bertz CT molecular complexity index is 547. The van der Waals surface area contributed by atoms with Gasteiger partial charge in [0.25, 0.3) is 0 Å². The van der Waals surface area contributed by atoms with Crippen LogP contribution < -0.4 is 5.32 Å². The van der Waals surface area contributed by atoms with Gasteiger partial charge in [-0.1, -0.05) is 30.7 Å². The summed E-state index contributed by atoms with van der Waals surface area (Å²) in [6.45, 7) is 4.26. The van der Waals surface area contributed by atoms with Gasteiger partial charge >= 0.3 is 0 Å². The molecular weight excluding hydrogens is 274 g/mol. The van der Waals surface area contributed by atoms with Gasteiger partial charge in [0.15, 0.2) is 0 Å². The second-order valence-electron chi connectivity index (χ2n) is 4.78. The molecule has 1 aromatic carbocycles. The lowest BCUT2D eigenvalue weighted by Gasteiger charge is -2.16. The van der Waals surface area contributed by atoms with Crippen LogP contribution in [0.4, 0.5) is 0 Å². The van der Waals surface area contributed by atoms with E-state index >= 15 is 0 Å². The van der Waals surface area contributed by atoms with Crippen molar-refractivity contribution in [2.75, 3.05) is 7.05 Å². The van der Waals surface area contributed by atoms with Gasteiger partial charge in [-0.15, -0.1) is 11.3 Å². The molecule has 0 aliphatic rings. The smallest absolute Gasteiger partial charge is 0.0435 e. The molecule has 0 spiro atoms. The van der Waals surface area contributed by atoms with Crippen molar-refractivity contribution in [2.24, 2.45) is 0 Å². The zero-order valence-corrected chi connectivity index (χ0v) is 13.2. The van der Waals surface area contributed by atoms with E-state index in [1.54, 1.807) is 0 Å². The Morgan fingerprint density at radius 1 is 1.21 bits per heavy atom. The lowest BCUT2D eigenvalue weighted by molar-refractivity contribution is 0.596. The fraction of sp³-hybridized carbons (Fsp3) is 0.375. The van der Waals surface area contributed by atoms with Crippen LogP contribution in [0, 0.1) is 6.92 Å². The van der Waals surface area contributed by atoms with E-state index in [-0.39, 0.29) is 0 Å². The lowest BCUT2D eigenvalue weighted by Crippen LogP contribution is -2.18. The summed E-state index contributed by atoms with van der Waals surface area (Å²) in [5.41, 5.74) is 2.44. The van der Waals surface area contributed by atoms with Gasteiger partial charge in [0.2, 0.25) is 0 Å². The van der Waals surface area contributed by atoms with E-state index < -0.39 is 0 Å². The van der Waals surface area contributed by atoms with Crippen LogP contribution in [0.2, 0.25) is 5.02 Å². The second kappa shape index (κ2) is 6.56. The van der Waals surface area contributed by atoms with Crippen LogP contribution in [0.5, 0.6) is 0 Å². The highest BCUT2D eigenvalue weighted by Gasteiger charge is 2.12. The highest BCUT2D eigenvalue weighted by Crippen LogP contribution is 2.26. The summed E-state index contributed by atoms with van der Waals surface area (Å²) in [5, 5.41) is 4.24. The summed E-state index contributed by atoms with van der Waals surface area (Å²) < 4.78 is 0. The third kappa shape index (κ3) is 3.59. The molecule has 1 atom stereocenters. The molecule has 0 aliphatic heterocycles. The highest BCUT2D eigenvalue weighted by atomic mass is 35.5. The molecule has 0 fully saturated rings. The van der Waals surface area contributed by atoms with Gasteiger partial charge in [-0.3, -0.25) is 0 Å². The molecule has 2 rings (SSSR count). The molecule has 0 saturated carbocycles. The molecule has 102 valence electrons. The van der Waals surface area contributed by atoms with Crippen molar-refractivity contribution in [1.82, 2.24) is 5.32 Å². The lowest BCUT2D eigenvalue weighted by atomic mass is 10.0. The summed E-state index contributed by atoms with van der Waals surface area (Å²) in [6, 6.07) is 11.1. The van der Waals surface area contributed by atoms with E-state index in [0.717, 1.165) is 23.4 Å². The average molecular weight is 294 g/mol. The van der Waals surface area contributed by atoms with E-state index in [2.05, 4.69) is 43.4 Å². The SMILES string of the molecule is CCc1ccc(CC(NC)c2ccc(Cl)c(C)c2)s1. The van der Waals surface area contributed by atoms with Crippen molar-refractivity contribution >= 4 is 22.9 Å². The van der Waals surface area contributed by atoms with Crippen molar-refractivity contribution in [3.05, 3.63) is 56.2 Å². The van der Waals surface area contributed by atoms with Crippen molar-refractivity contribution in [1.29, 1.82) is 0 Å². The minimum absolute atomic E-state index is 0.347. The first-order chi connectivity index (χ1) is 9.13. The predicted molar refractivity (Wildman–Crippen MR) is 85.4 cm³/mol. The number of hydrogen-bond acceptors (Lipinski definition) is 2. The molecule has 1 heterocycles. The van der Waals surface area contributed by atoms with Gasteiger partial charge in [0, 0.05) is 27.2 Å². The number of aryl methyl sites for hydroxylation is 2. The third-order valence-electron chi connectivity index (χ3n) is 3.40. The molecule has 1 unspecified atom stereocenters. The molecule has 1 aromatic heterocycles. The predicted octanol–water partition coefficient (Wildman–Crippen LogP) is 4.78. The third-order valence-corrected chi connectivity index (χ3v) is 5.08. The van der Waals surface area contributed by atoms with Crippen molar-refractivity contribution in [3.63, 3.8) is 0 Å². The molecular formula is C16H20ClNS. The van der Waals surface area contributed by atoms with Crippen molar-refractivity contribution < 1.29 is 0 Å². The van der Waals surface area contributed by atoms with Crippen molar-refractivity contribution in [2.45, 2.75) is 32.7 Å². The number of halogens is 1. The molecule has 19 heavy (non-hydrogen) atoms. The van der Waals surface area contributed by atoms with E-state index in [0.29, 0.717) is 6.04 Å². The maximum absolute atomic E-state index is 6.09. The number of nitrogens with one attached hydrogen (secondary N) is 1. The molecule has 0 radical (unpaired) electrons. The van der Waals surface area contributed by atoms with Gasteiger partial charge in [0.05, 0.1) is 0 Å². The van der Waals surface area contributed by atoms with E-state index in [1.807, 2.05) is 24.5 Å². The summed E-state index contributed by atoms with van der Waals surface area (Å²) in [4.78, 5) is 2.89. The average Bonchev–Trinajstić information content (AvgIpc) is 2.87. The largest absolute Gasteiger partial charge is 0.313 e. The Morgan fingerprint density at radius 3 is 2.53 bits per heavy atom. The van der Waals surface area contributed by atoms with Crippen LogP contribution in [0.15, 0.2) is 30.3 Å². The first-order valence-electron chi connectivity index (χ1n) is 6.65. The van der Waals surface area contributed by atoms with Crippen LogP contribution >= 0.6 is 22.9 Å². The standard InChI is InChI=1S/C16H20ClNS/c1-4-13-6-7-14(19-13)10-16(18-3)12-5-8-15(17)11(2)9-12/h5-9,16,18H,4,10H2,1-3H3. The summed E-state index contributed by atoms with van der Waals surface area (Å²) >= 11 is 8.01. The minimum Gasteiger partial charge on any atom is -0.313 e. The summed E-state index contributed by atoms with van der Waals surface area (Å²) in [6.07, 6.45) is 2.15. The number of likely N-dealkylation sites (N-methyl/N-ethyl adjacent to an activating group) is 1. The maximum atomic E-state index is 6.09. The number of benzene rings is 1. The zero-order chi connectivity index (χ0) is 13.8. The van der Waals surface area contributed by atoms with Crippen LogP contribution in [-0.4, -0.2) is 7.05 Å². The quantitative estimate of drug-likeness (QED) is 0.837. The first-order valence-corrected chi connectivity index (χ1v) is 7.84. The maximum Gasteiger partial charge on any atom is 0.0435 e. The number of rotatable bonds is 5. The number of hydrogen-bond donors (Lipinski definition) is 1. The molecule has 0 amide bonds. The molecule has 2 aromatic rings. The van der Waals surface area contributed by atoms with Crippen LogP contribution in [-0.2, 0) is 12.8 Å². The van der Waals surface area contributed by atoms with E-state index in [9.17, 15) is 0 Å². The highest BCUT2D eigenvalue weighted by molar-refractivity contribution is 7.11. The Hall–Kier alpha value is -0.830. The van der Waals surface area contributed by atoms with Crippen LogP contribution in [0.3, 0.4) is 0 Å². The fourth-order valence-electron chi connectivity index (χ4n) is 2.19. The summed E-state index contributed by atoms with van der Waals surface area (Å²) in [7, 11) is 2.02. The van der Waals surface area contributed by atoms with E-state index in [1.165, 1.54) is 15.3 Å². The number of thiophene rings is 1. The monoisotopic (exact) mass is 293 g/mol. The van der Waals surface area contributed by atoms with Gasteiger partial charge in [-0.25, -0.2) is 0 Å². The van der Waals surface area contributed by atoms with E-state index in [4.69, 9.17) is 11.6 Å². The Labute approximate surface area is 124 Å². The summed E-state index contributed by atoms with van der Waals surface area (Å²) in [5.74, 6) is 0. The van der Waals surface area contributed by atoms with Gasteiger partial charge in [-0.2, -0.15) is 0 Å². The van der Waals surface area contributed by atoms with Gasteiger partial charge < -0.3 is 5.32 Å². The Kier molecular flexibility index (Phi) is 5.03.